The van der Waals surface area contributed by atoms with E-state index >= 15 is 0 Å². The monoisotopic (exact) mass is 458 g/mol. The average molecular weight is 459 g/mol. The summed E-state index contributed by atoms with van der Waals surface area (Å²) in [5.74, 6) is -4.93. The highest BCUT2D eigenvalue weighted by atomic mass is 16.4. The van der Waals surface area contributed by atoms with Crippen molar-refractivity contribution in [2.45, 2.75) is 70.8 Å². The Bertz CT molecular complexity index is 702. The fourth-order valence-electron chi connectivity index (χ4n) is 2.92. The summed E-state index contributed by atoms with van der Waals surface area (Å²) in [5.41, 5.74) is 10.7. The van der Waals surface area contributed by atoms with Gasteiger partial charge in [-0.15, -0.1) is 0 Å². The summed E-state index contributed by atoms with van der Waals surface area (Å²) >= 11 is 0. The maximum atomic E-state index is 12.8. The first-order valence-electron chi connectivity index (χ1n) is 11.3. The zero-order chi connectivity index (χ0) is 25.4. The van der Waals surface area contributed by atoms with Gasteiger partial charge in [0.05, 0.1) is 6.04 Å². The van der Waals surface area contributed by atoms with Gasteiger partial charge in [0, 0.05) is 44.1 Å². The van der Waals surface area contributed by atoms with Crippen LogP contribution in [0.4, 0.5) is 0 Å². The Morgan fingerprint density at radius 2 is 1.78 bits per heavy atom. The highest BCUT2D eigenvalue weighted by Crippen LogP contribution is 2.15. The van der Waals surface area contributed by atoms with Crippen LogP contribution in [-0.4, -0.2) is 60.0 Å². The number of carboxylic acid groups (broad SMARTS) is 1. The van der Waals surface area contributed by atoms with E-state index in [1.54, 1.807) is 0 Å². The number of hydrogen-bond acceptors (Lipinski definition) is 7. The number of amides is 3. The molecule has 0 aliphatic carbocycles. The number of rotatable bonds is 19. The molecule has 0 spiro atoms. The number of carboxylic acids is 1. The van der Waals surface area contributed by atoms with E-state index < -0.39 is 47.7 Å². The number of ketones is 1. The van der Waals surface area contributed by atoms with Crippen molar-refractivity contribution in [3.05, 3.63) is 0 Å². The first kappa shape index (κ1) is 27.2. The number of nitrogens with one attached hydrogen (secondary N) is 2. The molecule has 0 radical (unpaired) electrons. The SMILES string of the molecule is [3H]C(=O)CCC(CC(=O)C(CCC(=O)NCCCCN)NC(=O)C(C)CCC(=O)O)C(N)=O. The minimum absolute atomic E-state index is 0.0260. The van der Waals surface area contributed by atoms with Crippen molar-refractivity contribution >= 4 is 35.7 Å². The second-order valence-electron chi connectivity index (χ2n) is 7.73. The summed E-state index contributed by atoms with van der Waals surface area (Å²) in [4.78, 5) is 70.7. The molecule has 0 bridgehead atoms. The topological polar surface area (TPSA) is 199 Å². The first-order valence-corrected chi connectivity index (χ1v) is 10.8. The predicted octanol–water partition coefficient (Wildman–Crippen LogP) is -0.353. The normalized spacial score (nSPS) is 13.9. The third-order valence-corrected chi connectivity index (χ3v) is 5.00. The fraction of sp³-hybridized carbons (Fsp3) is 0.714. The van der Waals surface area contributed by atoms with Gasteiger partial charge >= 0.3 is 5.97 Å². The van der Waals surface area contributed by atoms with Crippen molar-refractivity contribution in [1.29, 1.82) is 0 Å². The zero-order valence-corrected chi connectivity index (χ0v) is 18.6. The molecule has 3 unspecified atom stereocenters. The van der Waals surface area contributed by atoms with E-state index in [9.17, 15) is 28.8 Å². The lowest BCUT2D eigenvalue weighted by molar-refractivity contribution is -0.138. The molecule has 0 aliphatic rings. The predicted molar refractivity (Wildman–Crippen MR) is 116 cm³/mol. The number of carbonyl (C=O) groups excluding carboxylic acids is 5. The molecule has 3 atom stereocenters. The second kappa shape index (κ2) is 16.8. The van der Waals surface area contributed by atoms with E-state index in [1.807, 2.05) is 0 Å². The molecule has 0 heterocycles. The van der Waals surface area contributed by atoms with Gasteiger partial charge < -0.3 is 32.0 Å². The molecule has 11 heteroatoms. The van der Waals surface area contributed by atoms with Crippen molar-refractivity contribution in [2.24, 2.45) is 23.3 Å². The van der Waals surface area contributed by atoms with Crippen LogP contribution in [0.15, 0.2) is 0 Å². The summed E-state index contributed by atoms with van der Waals surface area (Å²) in [6, 6.07) is -1.09. The van der Waals surface area contributed by atoms with Crippen molar-refractivity contribution in [1.82, 2.24) is 10.6 Å². The van der Waals surface area contributed by atoms with E-state index in [1.165, 1.54) is 6.92 Å². The third-order valence-electron chi connectivity index (χ3n) is 5.00. The number of Topliss-reactive ketones (excluding diaryl/α,β-unsaturated/α-hetero) is 1. The van der Waals surface area contributed by atoms with Gasteiger partial charge in [0.1, 0.15) is 7.63 Å². The molecule has 0 aromatic carbocycles. The molecule has 0 saturated carbocycles. The number of carbonyl (C=O) groups is 6. The maximum Gasteiger partial charge on any atom is 0.303 e. The Morgan fingerprint density at radius 3 is 2.34 bits per heavy atom. The van der Waals surface area contributed by atoms with E-state index in [4.69, 9.17) is 17.9 Å². The Balaban J connectivity index is 5.16. The molecular weight excluding hydrogens is 420 g/mol. The molecule has 182 valence electrons. The number of aliphatic carboxylic acids is 1. The minimum Gasteiger partial charge on any atom is -0.481 e. The summed E-state index contributed by atoms with van der Waals surface area (Å²) in [5, 5.41) is 14.0. The van der Waals surface area contributed by atoms with E-state index in [0.717, 1.165) is 6.42 Å². The van der Waals surface area contributed by atoms with Crippen LogP contribution in [0.5, 0.6) is 0 Å². The Hall–Kier alpha value is -2.82. The number of aldehydes is 1. The van der Waals surface area contributed by atoms with Crippen molar-refractivity contribution in [2.75, 3.05) is 13.1 Å². The van der Waals surface area contributed by atoms with Crippen LogP contribution in [0.1, 0.15) is 66.1 Å². The molecule has 0 rings (SSSR count). The summed E-state index contributed by atoms with van der Waals surface area (Å²) < 4.78 is 6.96. The van der Waals surface area contributed by atoms with E-state index in [2.05, 4.69) is 10.6 Å². The van der Waals surface area contributed by atoms with Gasteiger partial charge in [0.25, 0.3) is 0 Å². The molecule has 0 aliphatic heterocycles. The molecule has 3 amide bonds. The highest BCUT2D eigenvalue weighted by molar-refractivity contribution is 5.93. The molecule has 7 N–H and O–H groups in total. The summed E-state index contributed by atoms with van der Waals surface area (Å²) in [6.45, 7) is 2.46. The van der Waals surface area contributed by atoms with Crippen molar-refractivity contribution in [3.8, 4) is 0 Å². The number of primary amides is 1. The Labute approximate surface area is 189 Å². The standard InChI is InChI=1S/C21H36N4O7/c1-14(6-9-19(29)30)21(32)25-16(7-8-18(28)24-11-3-2-10-22)17(27)13-15(20(23)31)5-4-12-26/h12,14-16H,2-11,13,22H2,1H3,(H2,23,31)(H,24,28)(H,25,32)(H,29,30)/i12T. The van der Waals surface area contributed by atoms with Crippen LogP contribution >= 0.6 is 0 Å². The van der Waals surface area contributed by atoms with Gasteiger partial charge in [0.2, 0.25) is 17.7 Å². The van der Waals surface area contributed by atoms with Crippen LogP contribution in [0, 0.1) is 11.8 Å². The molecular formula is C21H36N4O7. The Kier molecular flexibility index (Phi) is 14.3. The average Bonchev–Trinajstić information content (AvgIpc) is 2.74. The van der Waals surface area contributed by atoms with Gasteiger partial charge in [-0.1, -0.05) is 6.92 Å². The smallest absolute Gasteiger partial charge is 0.303 e. The van der Waals surface area contributed by atoms with Crippen molar-refractivity contribution < 1.29 is 35.2 Å². The lowest BCUT2D eigenvalue weighted by Crippen LogP contribution is -2.45. The Morgan fingerprint density at radius 1 is 1.09 bits per heavy atom. The largest absolute Gasteiger partial charge is 0.481 e. The van der Waals surface area contributed by atoms with Gasteiger partial charge in [0.15, 0.2) is 5.78 Å². The number of hydrogen-bond donors (Lipinski definition) is 5. The van der Waals surface area contributed by atoms with Crippen LogP contribution in [0.2, 0.25) is 0 Å². The molecule has 0 fully saturated rings. The molecule has 0 saturated heterocycles. The van der Waals surface area contributed by atoms with Gasteiger partial charge in [-0.2, -0.15) is 0 Å². The lowest BCUT2D eigenvalue weighted by Gasteiger charge is -2.22. The number of nitrogens with two attached hydrogens (primary N) is 2. The van der Waals surface area contributed by atoms with Gasteiger partial charge in [-0.25, -0.2) is 0 Å². The third kappa shape index (κ3) is 13.5. The second-order valence-corrected chi connectivity index (χ2v) is 7.73. The minimum atomic E-state index is -1.09. The van der Waals surface area contributed by atoms with Crippen molar-refractivity contribution in [3.63, 3.8) is 0 Å². The summed E-state index contributed by atoms with van der Waals surface area (Å²) in [6.07, 6.45) is -0.333. The van der Waals surface area contributed by atoms with Gasteiger partial charge in [-0.05, 0) is 38.6 Å². The van der Waals surface area contributed by atoms with Crippen LogP contribution in [0.3, 0.4) is 0 Å². The van der Waals surface area contributed by atoms with E-state index in [-0.39, 0.29) is 50.9 Å². The molecule has 0 aromatic heterocycles. The maximum absolute atomic E-state index is 12.8. The zero-order valence-electron chi connectivity index (χ0n) is 19.6. The molecule has 11 nitrogen and oxygen atoms in total. The number of unbranched alkanes of at least 4 members (excludes halogenated alkanes) is 1. The fourth-order valence-corrected chi connectivity index (χ4v) is 2.92. The molecule has 0 aromatic rings. The van der Waals surface area contributed by atoms with Gasteiger partial charge in [-0.3, -0.25) is 24.0 Å². The van der Waals surface area contributed by atoms with Crippen LogP contribution in [-0.2, 0) is 28.8 Å². The summed E-state index contributed by atoms with van der Waals surface area (Å²) in [7, 11) is 0. The quantitative estimate of drug-likeness (QED) is 0.128. The van der Waals surface area contributed by atoms with Crippen LogP contribution < -0.4 is 22.1 Å². The highest BCUT2D eigenvalue weighted by Gasteiger charge is 2.28. The van der Waals surface area contributed by atoms with Crippen LogP contribution in [0.25, 0.3) is 0 Å². The van der Waals surface area contributed by atoms with E-state index in [0.29, 0.717) is 19.5 Å². The first-order chi connectivity index (χ1) is 15.5. The lowest BCUT2D eigenvalue weighted by atomic mass is 9.92. The molecule has 32 heavy (non-hydrogen) atoms.